The van der Waals surface area contributed by atoms with E-state index in [1.54, 1.807) is 0 Å². The summed E-state index contributed by atoms with van der Waals surface area (Å²) in [5, 5.41) is 14.0. The van der Waals surface area contributed by atoms with Gasteiger partial charge in [-0.15, -0.1) is 0 Å². The lowest BCUT2D eigenvalue weighted by Crippen LogP contribution is -2.55. The highest BCUT2D eigenvalue weighted by molar-refractivity contribution is 5.88. The standard InChI is InChI=1S/C21H27N3O2/c1-11(2)24-10-13(21(26)23-17-8-19(17)25)6-15-14-4-3-5-16-20(14)12(9-22-16)7-18(15)24/h3-5,9,11,13,15,17-19,22,25H,6-8,10H2,1-2H3,(H,23,26)/t13?,15-,17?,18-,19?/m1/s1. The van der Waals surface area contributed by atoms with Crippen LogP contribution in [0, 0.1) is 5.92 Å². The maximum absolute atomic E-state index is 12.8. The zero-order chi connectivity index (χ0) is 18.0. The van der Waals surface area contributed by atoms with E-state index in [1.807, 2.05) is 0 Å². The molecular weight excluding hydrogens is 326 g/mol. The number of fused-ring (bicyclic) bond motifs is 2. The Bertz CT molecular complexity index is 858. The van der Waals surface area contributed by atoms with E-state index in [9.17, 15) is 9.90 Å². The van der Waals surface area contributed by atoms with Crippen LogP contribution in [0.1, 0.15) is 43.7 Å². The summed E-state index contributed by atoms with van der Waals surface area (Å²) in [7, 11) is 0. The Labute approximate surface area is 153 Å². The molecule has 5 nitrogen and oxygen atoms in total. The summed E-state index contributed by atoms with van der Waals surface area (Å²) in [5.74, 6) is 0.489. The van der Waals surface area contributed by atoms with E-state index in [0.29, 0.717) is 24.4 Å². The minimum absolute atomic E-state index is 0.0119. The lowest BCUT2D eigenvalue weighted by Gasteiger charge is -2.48. The summed E-state index contributed by atoms with van der Waals surface area (Å²) in [6, 6.07) is 7.36. The average Bonchev–Trinajstić information content (AvgIpc) is 3.15. The van der Waals surface area contributed by atoms with Crippen LogP contribution < -0.4 is 5.32 Å². The zero-order valence-corrected chi connectivity index (χ0v) is 15.4. The number of amides is 1. The molecule has 1 aliphatic heterocycles. The van der Waals surface area contributed by atoms with E-state index >= 15 is 0 Å². The van der Waals surface area contributed by atoms with Gasteiger partial charge in [-0.2, -0.15) is 0 Å². The predicted octanol–water partition coefficient (Wildman–Crippen LogP) is 2.16. The number of aliphatic hydroxyl groups excluding tert-OH is 1. The second kappa shape index (κ2) is 5.83. The van der Waals surface area contributed by atoms with Gasteiger partial charge >= 0.3 is 0 Å². The molecule has 3 aliphatic rings. The predicted molar refractivity (Wildman–Crippen MR) is 101 cm³/mol. The summed E-state index contributed by atoms with van der Waals surface area (Å²) in [5.41, 5.74) is 4.01. The van der Waals surface area contributed by atoms with Gasteiger partial charge in [0.1, 0.15) is 0 Å². The van der Waals surface area contributed by atoms with Gasteiger partial charge in [0.05, 0.1) is 18.1 Å². The Balaban J connectivity index is 1.49. The smallest absolute Gasteiger partial charge is 0.224 e. The molecule has 2 heterocycles. The number of carbonyl (C=O) groups is 1. The Morgan fingerprint density at radius 2 is 2.15 bits per heavy atom. The summed E-state index contributed by atoms with van der Waals surface area (Å²) in [6.07, 6.45) is 4.46. The van der Waals surface area contributed by atoms with Gasteiger partial charge in [-0.05, 0) is 50.3 Å². The van der Waals surface area contributed by atoms with Gasteiger partial charge in [0.2, 0.25) is 5.91 Å². The molecule has 138 valence electrons. The van der Waals surface area contributed by atoms with Crippen molar-refractivity contribution in [2.24, 2.45) is 5.92 Å². The van der Waals surface area contributed by atoms with E-state index in [1.165, 1.54) is 22.0 Å². The van der Waals surface area contributed by atoms with Crippen molar-refractivity contribution in [3.05, 3.63) is 35.5 Å². The first-order chi connectivity index (χ1) is 12.5. The lowest BCUT2D eigenvalue weighted by atomic mass is 9.71. The number of piperidine rings is 1. The van der Waals surface area contributed by atoms with Crippen molar-refractivity contribution in [3.63, 3.8) is 0 Å². The van der Waals surface area contributed by atoms with Crippen LogP contribution in [0.15, 0.2) is 24.4 Å². The molecular formula is C21H27N3O2. The zero-order valence-electron chi connectivity index (χ0n) is 15.4. The molecule has 0 bridgehead atoms. The van der Waals surface area contributed by atoms with E-state index in [0.717, 1.165) is 19.4 Å². The van der Waals surface area contributed by atoms with Crippen molar-refractivity contribution in [2.45, 2.75) is 63.3 Å². The molecule has 2 fully saturated rings. The maximum Gasteiger partial charge on any atom is 0.224 e. The monoisotopic (exact) mass is 353 g/mol. The minimum atomic E-state index is -0.345. The third kappa shape index (κ3) is 2.48. The van der Waals surface area contributed by atoms with Crippen LogP contribution in [-0.4, -0.2) is 51.7 Å². The first kappa shape index (κ1) is 16.3. The van der Waals surface area contributed by atoms with Crippen LogP contribution in [0.4, 0.5) is 0 Å². The van der Waals surface area contributed by atoms with Crippen molar-refractivity contribution < 1.29 is 9.90 Å². The Morgan fingerprint density at radius 3 is 2.88 bits per heavy atom. The molecule has 3 unspecified atom stereocenters. The quantitative estimate of drug-likeness (QED) is 0.792. The van der Waals surface area contributed by atoms with Crippen LogP contribution in [0.3, 0.4) is 0 Å². The molecule has 5 rings (SSSR count). The second-order valence-electron chi connectivity index (χ2n) is 8.60. The molecule has 1 saturated carbocycles. The minimum Gasteiger partial charge on any atom is -0.391 e. The van der Waals surface area contributed by atoms with Gasteiger partial charge < -0.3 is 15.4 Å². The lowest BCUT2D eigenvalue weighted by molar-refractivity contribution is -0.128. The van der Waals surface area contributed by atoms with Crippen LogP contribution in [0.25, 0.3) is 10.9 Å². The molecule has 5 heteroatoms. The summed E-state index contributed by atoms with van der Waals surface area (Å²) >= 11 is 0. The third-order valence-electron chi connectivity index (χ3n) is 6.63. The van der Waals surface area contributed by atoms with Gasteiger partial charge in [-0.25, -0.2) is 0 Å². The topological polar surface area (TPSA) is 68.4 Å². The number of carbonyl (C=O) groups excluding carboxylic acids is 1. The number of likely N-dealkylation sites (tertiary alicyclic amines) is 1. The highest BCUT2D eigenvalue weighted by Gasteiger charge is 2.45. The van der Waals surface area contributed by atoms with Crippen molar-refractivity contribution in [2.75, 3.05) is 6.54 Å². The van der Waals surface area contributed by atoms with E-state index in [2.05, 4.69) is 53.4 Å². The number of benzene rings is 1. The normalized spacial score (nSPS) is 33.3. The maximum atomic E-state index is 12.8. The van der Waals surface area contributed by atoms with Gasteiger partial charge in [0, 0.05) is 41.6 Å². The number of H-pyrrole nitrogens is 1. The Hall–Kier alpha value is -1.85. The number of aromatic nitrogens is 1. The number of hydrogen-bond acceptors (Lipinski definition) is 3. The number of rotatable bonds is 3. The number of hydrogen-bond donors (Lipinski definition) is 3. The fraction of sp³-hybridized carbons (Fsp3) is 0.571. The molecule has 1 aromatic heterocycles. The van der Waals surface area contributed by atoms with E-state index in [4.69, 9.17) is 0 Å². The van der Waals surface area contributed by atoms with Crippen molar-refractivity contribution >= 4 is 16.8 Å². The second-order valence-corrected chi connectivity index (χ2v) is 8.60. The molecule has 0 radical (unpaired) electrons. The van der Waals surface area contributed by atoms with Gasteiger partial charge in [0.15, 0.2) is 0 Å². The van der Waals surface area contributed by atoms with Crippen LogP contribution in [-0.2, 0) is 11.2 Å². The number of aromatic amines is 1. The van der Waals surface area contributed by atoms with Gasteiger partial charge in [-0.1, -0.05) is 12.1 Å². The number of aliphatic hydroxyl groups is 1. The van der Waals surface area contributed by atoms with Crippen LogP contribution >= 0.6 is 0 Å². The van der Waals surface area contributed by atoms with Crippen molar-refractivity contribution in [1.82, 2.24) is 15.2 Å². The Morgan fingerprint density at radius 1 is 1.35 bits per heavy atom. The number of nitrogens with zero attached hydrogens (tertiary/aromatic N) is 1. The van der Waals surface area contributed by atoms with Gasteiger partial charge in [0.25, 0.3) is 0 Å². The average molecular weight is 353 g/mol. The molecule has 26 heavy (non-hydrogen) atoms. The van der Waals surface area contributed by atoms with Crippen LogP contribution in [0.2, 0.25) is 0 Å². The first-order valence-electron chi connectivity index (χ1n) is 9.86. The summed E-state index contributed by atoms with van der Waals surface area (Å²) in [4.78, 5) is 18.8. The first-order valence-corrected chi connectivity index (χ1v) is 9.86. The highest BCUT2D eigenvalue weighted by Crippen LogP contribution is 2.45. The SMILES string of the molecule is CC(C)N1CC(C(=O)NC2CC2O)C[C@@H]2c3cccc4[nH]cc(c34)C[C@H]21. The van der Waals surface area contributed by atoms with Gasteiger partial charge in [-0.3, -0.25) is 9.69 Å². The summed E-state index contributed by atoms with van der Waals surface area (Å²) in [6.45, 7) is 5.27. The molecule has 1 saturated heterocycles. The van der Waals surface area contributed by atoms with Crippen molar-refractivity contribution in [1.29, 1.82) is 0 Å². The molecule has 2 aliphatic carbocycles. The molecule has 1 amide bonds. The van der Waals surface area contributed by atoms with Crippen LogP contribution in [0.5, 0.6) is 0 Å². The molecule has 1 aromatic carbocycles. The fourth-order valence-electron chi connectivity index (χ4n) is 5.16. The molecule has 5 atom stereocenters. The molecule has 2 aromatic rings. The fourth-order valence-corrected chi connectivity index (χ4v) is 5.16. The largest absolute Gasteiger partial charge is 0.391 e. The Kier molecular flexibility index (Phi) is 3.66. The summed E-state index contributed by atoms with van der Waals surface area (Å²) < 4.78 is 0. The van der Waals surface area contributed by atoms with E-state index < -0.39 is 0 Å². The molecule has 0 spiro atoms. The molecule has 3 N–H and O–H groups in total. The third-order valence-corrected chi connectivity index (χ3v) is 6.63. The van der Waals surface area contributed by atoms with E-state index in [-0.39, 0.29) is 24.0 Å². The highest BCUT2D eigenvalue weighted by atomic mass is 16.3. The number of nitrogens with one attached hydrogen (secondary N) is 2. The van der Waals surface area contributed by atoms with Crippen molar-refractivity contribution in [3.8, 4) is 0 Å².